The SMILES string of the molecule is CC1=NN(c2ccccc2)C(=O)[C@H]1N=Nc1cccc([N+](=O)[O-])c1. The predicted molar refractivity (Wildman–Crippen MR) is 88.4 cm³/mol. The smallest absolute Gasteiger partial charge is 0.269 e. The summed E-state index contributed by atoms with van der Waals surface area (Å²) in [7, 11) is 0. The largest absolute Gasteiger partial charge is 0.280 e. The van der Waals surface area contributed by atoms with Crippen molar-refractivity contribution < 1.29 is 9.72 Å². The van der Waals surface area contributed by atoms with Crippen molar-refractivity contribution in [1.82, 2.24) is 0 Å². The number of hydrogen-bond acceptors (Lipinski definition) is 6. The zero-order chi connectivity index (χ0) is 17.1. The summed E-state index contributed by atoms with van der Waals surface area (Å²) in [5, 5.41) is 24.2. The Balaban J connectivity index is 1.81. The molecule has 0 radical (unpaired) electrons. The second-order valence-corrected chi connectivity index (χ2v) is 5.12. The lowest BCUT2D eigenvalue weighted by Gasteiger charge is -2.11. The van der Waals surface area contributed by atoms with Crippen LogP contribution in [-0.4, -0.2) is 22.6 Å². The molecule has 0 spiro atoms. The molecule has 0 aliphatic carbocycles. The van der Waals surface area contributed by atoms with E-state index < -0.39 is 11.0 Å². The van der Waals surface area contributed by atoms with E-state index >= 15 is 0 Å². The van der Waals surface area contributed by atoms with Crippen molar-refractivity contribution in [3.05, 3.63) is 64.7 Å². The molecule has 0 saturated carbocycles. The third-order valence-electron chi connectivity index (χ3n) is 3.43. The Morgan fingerprint density at radius 2 is 1.92 bits per heavy atom. The number of carbonyl (C=O) groups is 1. The lowest BCUT2D eigenvalue weighted by atomic mass is 10.2. The van der Waals surface area contributed by atoms with E-state index in [1.54, 1.807) is 25.1 Å². The number of amides is 1. The first-order valence-electron chi connectivity index (χ1n) is 7.15. The second-order valence-electron chi connectivity index (χ2n) is 5.12. The van der Waals surface area contributed by atoms with Crippen LogP contribution in [0.4, 0.5) is 17.1 Å². The van der Waals surface area contributed by atoms with E-state index in [4.69, 9.17) is 0 Å². The quantitative estimate of drug-likeness (QED) is 0.489. The van der Waals surface area contributed by atoms with Gasteiger partial charge in [-0.15, -0.1) is 0 Å². The van der Waals surface area contributed by atoms with Gasteiger partial charge in [0.15, 0.2) is 6.04 Å². The van der Waals surface area contributed by atoms with Crippen molar-refractivity contribution in [3.8, 4) is 0 Å². The molecule has 1 aliphatic rings. The molecule has 0 bridgehead atoms. The fourth-order valence-electron chi connectivity index (χ4n) is 2.24. The summed E-state index contributed by atoms with van der Waals surface area (Å²) in [5.41, 5.74) is 1.39. The van der Waals surface area contributed by atoms with Crippen molar-refractivity contribution in [2.45, 2.75) is 13.0 Å². The maximum absolute atomic E-state index is 12.5. The fourth-order valence-corrected chi connectivity index (χ4v) is 2.24. The highest BCUT2D eigenvalue weighted by Gasteiger charge is 2.34. The van der Waals surface area contributed by atoms with E-state index in [1.165, 1.54) is 23.2 Å². The Morgan fingerprint density at radius 3 is 2.62 bits per heavy atom. The number of anilines is 1. The third kappa shape index (κ3) is 3.02. The molecule has 0 aromatic heterocycles. The van der Waals surface area contributed by atoms with Crippen LogP contribution in [0, 0.1) is 10.1 Å². The number of nitro benzene ring substituents is 1. The molecule has 0 N–H and O–H groups in total. The third-order valence-corrected chi connectivity index (χ3v) is 3.43. The zero-order valence-corrected chi connectivity index (χ0v) is 12.7. The first kappa shape index (κ1) is 15.5. The van der Waals surface area contributed by atoms with Crippen LogP contribution in [0.5, 0.6) is 0 Å². The van der Waals surface area contributed by atoms with Crippen LogP contribution in [0.1, 0.15) is 6.92 Å². The molecule has 0 fully saturated rings. The number of nitrogens with zero attached hydrogens (tertiary/aromatic N) is 5. The van der Waals surface area contributed by atoms with Gasteiger partial charge in [-0.3, -0.25) is 14.9 Å². The van der Waals surface area contributed by atoms with Crippen LogP contribution in [0.15, 0.2) is 69.9 Å². The summed E-state index contributed by atoms with van der Waals surface area (Å²) >= 11 is 0. The van der Waals surface area contributed by atoms with E-state index in [1.807, 2.05) is 18.2 Å². The minimum Gasteiger partial charge on any atom is -0.269 e. The van der Waals surface area contributed by atoms with E-state index in [-0.39, 0.29) is 11.6 Å². The Labute approximate surface area is 137 Å². The van der Waals surface area contributed by atoms with Gasteiger partial charge in [0.05, 0.1) is 22.0 Å². The molecule has 3 rings (SSSR count). The molecule has 8 heteroatoms. The highest BCUT2D eigenvalue weighted by atomic mass is 16.6. The monoisotopic (exact) mass is 323 g/mol. The molecule has 1 atom stereocenters. The van der Waals surface area contributed by atoms with Crippen LogP contribution in [0.3, 0.4) is 0 Å². The Morgan fingerprint density at radius 1 is 1.17 bits per heavy atom. The van der Waals surface area contributed by atoms with Gasteiger partial charge in [-0.1, -0.05) is 24.3 Å². The number of rotatable bonds is 4. The van der Waals surface area contributed by atoms with Crippen molar-refractivity contribution in [1.29, 1.82) is 0 Å². The highest BCUT2D eigenvalue weighted by Crippen LogP contribution is 2.24. The lowest BCUT2D eigenvalue weighted by Crippen LogP contribution is -2.29. The van der Waals surface area contributed by atoms with Crippen LogP contribution in [0.25, 0.3) is 0 Å². The summed E-state index contributed by atoms with van der Waals surface area (Å²) in [6.07, 6.45) is 0. The van der Waals surface area contributed by atoms with Crippen LogP contribution >= 0.6 is 0 Å². The van der Waals surface area contributed by atoms with Gasteiger partial charge < -0.3 is 0 Å². The van der Waals surface area contributed by atoms with Gasteiger partial charge in [0.25, 0.3) is 11.6 Å². The Hall–Kier alpha value is -3.42. The standard InChI is InChI=1S/C16H13N5O3/c1-11-15(16(22)20(19-11)13-7-3-2-4-8-13)18-17-12-6-5-9-14(10-12)21(23)24/h2-10,15H,1H3/t15-/m0/s1. The van der Waals surface area contributed by atoms with Crippen molar-refractivity contribution in [2.24, 2.45) is 15.3 Å². The topological polar surface area (TPSA) is 101 Å². The van der Waals surface area contributed by atoms with Gasteiger partial charge in [-0.05, 0) is 25.1 Å². The molecule has 2 aromatic carbocycles. The van der Waals surface area contributed by atoms with Crippen molar-refractivity contribution >= 4 is 28.7 Å². The molecular formula is C16H13N5O3. The number of benzene rings is 2. The Kier molecular flexibility index (Phi) is 4.11. The van der Waals surface area contributed by atoms with Gasteiger partial charge in [-0.25, -0.2) is 0 Å². The van der Waals surface area contributed by atoms with E-state index in [9.17, 15) is 14.9 Å². The van der Waals surface area contributed by atoms with Crippen LogP contribution in [0.2, 0.25) is 0 Å². The lowest BCUT2D eigenvalue weighted by molar-refractivity contribution is -0.384. The molecule has 24 heavy (non-hydrogen) atoms. The summed E-state index contributed by atoms with van der Waals surface area (Å²) in [6.45, 7) is 1.69. The van der Waals surface area contributed by atoms with Gasteiger partial charge in [0.2, 0.25) is 0 Å². The first-order chi connectivity index (χ1) is 11.6. The average Bonchev–Trinajstić information content (AvgIpc) is 2.88. The molecule has 120 valence electrons. The summed E-state index contributed by atoms with van der Waals surface area (Å²) < 4.78 is 0. The van der Waals surface area contributed by atoms with E-state index in [0.29, 0.717) is 17.1 Å². The number of nitro groups is 1. The highest BCUT2D eigenvalue weighted by molar-refractivity contribution is 6.18. The van der Waals surface area contributed by atoms with E-state index in [0.717, 1.165) is 0 Å². The van der Waals surface area contributed by atoms with Crippen molar-refractivity contribution in [3.63, 3.8) is 0 Å². The molecule has 1 aliphatic heterocycles. The normalized spacial score (nSPS) is 17.4. The first-order valence-corrected chi connectivity index (χ1v) is 7.15. The van der Waals surface area contributed by atoms with Crippen LogP contribution in [-0.2, 0) is 4.79 Å². The van der Waals surface area contributed by atoms with Crippen LogP contribution < -0.4 is 5.01 Å². The molecule has 2 aromatic rings. The molecule has 0 unspecified atom stereocenters. The van der Waals surface area contributed by atoms with Gasteiger partial charge in [-0.2, -0.15) is 20.3 Å². The molecule has 0 saturated heterocycles. The number of azo groups is 1. The fraction of sp³-hybridized carbons (Fsp3) is 0.125. The summed E-state index contributed by atoms with van der Waals surface area (Å²) in [4.78, 5) is 22.7. The van der Waals surface area contributed by atoms with Gasteiger partial charge in [0.1, 0.15) is 0 Å². The molecular weight excluding hydrogens is 310 g/mol. The number of para-hydroxylation sites is 1. The Bertz CT molecular complexity index is 848. The van der Waals surface area contributed by atoms with E-state index in [2.05, 4.69) is 15.3 Å². The second kappa shape index (κ2) is 6.37. The number of carbonyl (C=O) groups excluding carboxylic acids is 1. The summed E-state index contributed by atoms with van der Waals surface area (Å²) in [5.74, 6) is -0.312. The van der Waals surface area contributed by atoms with Gasteiger partial charge >= 0.3 is 0 Å². The number of hydrazone groups is 1. The molecule has 1 heterocycles. The van der Waals surface area contributed by atoms with Crippen molar-refractivity contribution in [2.75, 3.05) is 5.01 Å². The average molecular weight is 323 g/mol. The number of non-ortho nitro benzene ring substituents is 1. The zero-order valence-electron chi connectivity index (χ0n) is 12.7. The van der Waals surface area contributed by atoms with Gasteiger partial charge in [0, 0.05) is 12.1 Å². The minimum atomic E-state index is -0.829. The summed E-state index contributed by atoms with van der Waals surface area (Å²) in [6, 6.07) is 13.9. The molecule has 8 nitrogen and oxygen atoms in total. The molecule has 1 amide bonds. The minimum absolute atomic E-state index is 0.0829. The maximum Gasteiger partial charge on any atom is 0.280 e. The maximum atomic E-state index is 12.5. The number of hydrogen-bond donors (Lipinski definition) is 0. The predicted octanol–water partition coefficient (Wildman–Crippen LogP) is 3.47.